The monoisotopic (exact) mass is 337 g/mol. The van der Waals surface area contributed by atoms with Crippen LogP contribution in [0, 0.1) is 0 Å². The largest absolute Gasteiger partial charge is 0.394 e. The Morgan fingerprint density at radius 3 is 2.09 bits per heavy atom. The van der Waals surface area contributed by atoms with Crippen molar-refractivity contribution in [3.63, 3.8) is 0 Å². The number of carbonyl (C=O) groups is 2. The molecule has 0 aromatic carbocycles. The van der Waals surface area contributed by atoms with Gasteiger partial charge in [-0.1, -0.05) is 0 Å². The second-order valence-electron chi connectivity index (χ2n) is 4.78. The van der Waals surface area contributed by atoms with Crippen molar-refractivity contribution in [1.29, 1.82) is 0 Å². The lowest BCUT2D eigenvalue weighted by molar-refractivity contribution is -0.129. The van der Waals surface area contributed by atoms with Crippen molar-refractivity contribution in [2.45, 2.75) is 50.1 Å². The van der Waals surface area contributed by atoms with E-state index >= 15 is 0 Å². The summed E-state index contributed by atoms with van der Waals surface area (Å²) in [6, 6.07) is 0. The molecular formula is C12H23N3O8. The third-order valence-electron chi connectivity index (χ3n) is 2.88. The Labute approximate surface area is 132 Å². The van der Waals surface area contributed by atoms with Crippen LogP contribution < -0.4 is 10.9 Å². The summed E-state index contributed by atoms with van der Waals surface area (Å²) >= 11 is 0. The molecule has 0 fully saturated rings. The van der Waals surface area contributed by atoms with Crippen LogP contribution in [0.25, 0.3) is 0 Å². The van der Waals surface area contributed by atoms with E-state index in [4.69, 9.17) is 15.4 Å². The average Bonchev–Trinajstić information content (AvgIpc) is 2.55. The number of unbranched alkanes of at least 4 members (excludes halogenated alkanes) is 1. The van der Waals surface area contributed by atoms with E-state index < -0.39 is 42.8 Å². The topological polar surface area (TPSA) is 192 Å². The first-order valence-electron chi connectivity index (χ1n) is 6.91. The second-order valence-corrected chi connectivity index (χ2v) is 4.78. The van der Waals surface area contributed by atoms with Gasteiger partial charge in [0.1, 0.15) is 24.4 Å². The maximum atomic E-state index is 11.4. The quantitative estimate of drug-likeness (QED) is 0.0826. The fourth-order valence-electron chi connectivity index (χ4n) is 1.49. The zero-order valence-electron chi connectivity index (χ0n) is 12.4. The van der Waals surface area contributed by atoms with Gasteiger partial charge in [-0.2, -0.15) is 5.10 Å². The number of amides is 2. The van der Waals surface area contributed by atoms with Crippen LogP contribution in [-0.2, 0) is 9.59 Å². The van der Waals surface area contributed by atoms with E-state index in [0.717, 1.165) is 6.21 Å². The summed E-state index contributed by atoms with van der Waals surface area (Å²) in [5.74, 6) is -1.05. The Balaban J connectivity index is 4.02. The third-order valence-corrected chi connectivity index (χ3v) is 2.88. The molecule has 0 aliphatic carbocycles. The SMILES string of the molecule is O=C(CCCCC(=O)N/N=C/[C@@H](O)[C@@H](O)[C@H](O)[C@H](O)CO)NO. The molecule has 4 atom stereocenters. The van der Waals surface area contributed by atoms with Gasteiger partial charge >= 0.3 is 0 Å². The minimum atomic E-state index is -1.80. The van der Waals surface area contributed by atoms with Crippen molar-refractivity contribution in [1.82, 2.24) is 10.9 Å². The van der Waals surface area contributed by atoms with E-state index in [2.05, 4.69) is 10.5 Å². The molecule has 11 heteroatoms. The van der Waals surface area contributed by atoms with Crippen molar-refractivity contribution in [3.8, 4) is 0 Å². The zero-order chi connectivity index (χ0) is 17.8. The number of nitrogens with one attached hydrogen (secondary N) is 2. The van der Waals surface area contributed by atoms with Gasteiger partial charge < -0.3 is 25.5 Å². The molecule has 0 aromatic rings. The highest BCUT2D eigenvalue weighted by Gasteiger charge is 2.29. The van der Waals surface area contributed by atoms with E-state index in [-0.39, 0.29) is 12.8 Å². The molecule has 8 N–H and O–H groups in total. The van der Waals surface area contributed by atoms with Gasteiger partial charge in [-0.05, 0) is 12.8 Å². The molecule has 2 amide bonds. The molecule has 11 nitrogen and oxygen atoms in total. The number of hydroxylamine groups is 1. The van der Waals surface area contributed by atoms with Crippen LogP contribution in [0.1, 0.15) is 25.7 Å². The molecule has 0 unspecified atom stereocenters. The fourth-order valence-corrected chi connectivity index (χ4v) is 1.49. The Hall–Kier alpha value is -1.63. The number of hydrogen-bond acceptors (Lipinski definition) is 9. The number of nitrogens with zero attached hydrogens (tertiary/aromatic N) is 1. The van der Waals surface area contributed by atoms with Crippen LogP contribution in [0.5, 0.6) is 0 Å². The first-order chi connectivity index (χ1) is 10.8. The van der Waals surface area contributed by atoms with Gasteiger partial charge in [0.15, 0.2) is 0 Å². The van der Waals surface area contributed by atoms with Crippen LogP contribution in [-0.4, -0.2) is 79.8 Å². The fraction of sp³-hybridized carbons (Fsp3) is 0.750. The Morgan fingerprint density at radius 1 is 1.00 bits per heavy atom. The van der Waals surface area contributed by atoms with Gasteiger partial charge in [0.25, 0.3) is 0 Å². The normalized spacial score (nSPS) is 16.6. The number of hydrazone groups is 1. The van der Waals surface area contributed by atoms with Crippen LogP contribution >= 0.6 is 0 Å². The lowest BCUT2D eigenvalue weighted by Gasteiger charge is -2.23. The molecular weight excluding hydrogens is 314 g/mol. The molecule has 0 heterocycles. The molecule has 0 aromatic heterocycles. The van der Waals surface area contributed by atoms with Gasteiger partial charge in [0.2, 0.25) is 11.8 Å². The van der Waals surface area contributed by atoms with Crippen molar-refractivity contribution < 1.29 is 40.3 Å². The minimum Gasteiger partial charge on any atom is -0.394 e. The standard InChI is InChI=1S/C12H23N3O8/c16-6-8(18)12(22)11(21)7(17)5-13-14-9(19)3-1-2-4-10(20)15-23/h5,7-8,11-12,16-18,21-23H,1-4,6H2,(H,14,19)(H,15,20)/b13-5+/t7-,8-,11-,12-/m1/s1. The first kappa shape index (κ1) is 21.4. The minimum absolute atomic E-state index is 0.0561. The average molecular weight is 337 g/mol. The highest BCUT2D eigenvalue weighted by molar-refractivity contribution is 5.77. The smallest absolute Gasteiger partial charge is 0.243 e. The van der Waals surface area contributed by atoms with E-state index in [1.807, 2.05) is 0 Å². The van der Waals surface area contributed by atoms with Crippen LogP contribution in [0.3, 0.4) is 0 Å². The second kappa shape index (κ2) is 11.9. The maximum Gasteiger partial charge on any atom is 0.243 e. The van der Waals surface area contributed by atoms with Crippen molar-refractivity contribution in [3.05, 3.63) is 0 Å². The number of rotatable bonds is 11. The zero-order valence-corrected chi connectivity index (χ0v) is 12.4. The lowest BCUT2D eigenvalue weighted by atomic mass is 10.0. The van der Waals surface area contributed by atoms with Gasteiger partial charge in [-0.15, -0.1) is 0 Å². The summed E-state index contributed by atoms with van der Waals surface area (Å²) in [6.45, 7) is -0.798. The summed E-state index contributed by atoms with van der Waals surface area (Å²) in [5.41, 5.74) is 3.53. The van der Waals surface area contributed by atoms with E-state index in [1.165, 1.54) is 5.48 Å². The predicted molar refractivity (Wildman–Crippen MR) is 76.1 cm³/mol. The van der Waals surface area contributed by atoms with Crippen molar-refractivity contribution in [2.75, 3.05) is 6.61 Å². The van der Waals surface area contributed by atoms with Gasteiger partial charge in [-0.3, -0.25) is 14.8 Å². The summed E-state index contributed by atoms with van der Waals surface area (Å²) in [6.07, 6.45) is -5.22. The summed E-state index contributed by atoms with van der Waals surface area (Å²) in [5, 5.41) is 57.6. The number of hydrogen-bond donors (Lipinski definition) is 8. The first-order valence-corrected chi connectivity index (χ1v) is 6.91. The summed E-state index contributed by atoms with van der Waals surface area (Å²) in [7, 11) is 0. The molecule has 0 aliphatic rings. The van der Waals surface area contributed by atoms with E-state index in [0.29, 0.717) is 12.8 Å². The highest BCUT2D eigenvalue weighted by Crippen LogP contribution is 2.04. The lowest BCUT2D eigenvalue weighted by Crippen LogP contribution is -2.46. The molecule has 0 saturated carbocycles. The molecule has 0 rings (SSSR count). The molecule has 0 saturated heterocycles. The molecule has 134 valence electrons. The van der Waals surface area contributed by atoms with E-state index in [1.54, 1.807) is 0 Å². The van der Waals surface area contributed by atoms with Crippen molar-refractivity contribution >= 4 is 18.0 Å². The Morgan fingerprint density at radius 2 is 1.57 bits per heavy atom. The molecule has 0 spiro atoms. The molecule has 0 radical (unpaired) electrons. The molecule has 0 aliphatic heterocycles. The Kier molecular flexibility index (Phi) is 11.0. The van der Waals surface area contributed by atoms with Crippen LogP contribution in [0.2, 0.25) is 0 Å². The maximum absolute atomic E-state index is 11.4. The van der Waals surface area contributed by atoms with Crippen LogP contribution in [0.15, 0.2) is 5.10 Å². The van der Waals surface area contributed by atoms with Crippen LogP contribution in [0.4, 0.5) is 0 Å². The summed E-state index contributed by atoms with van der Waals surface area (Å²) < 4.78 is 0. The number of aliphatic hydroxyl groups excluding tert-OH is 5. The number of aliphatic hydroxyl groups is 5. The van der Waals surface area contributed by atoms with Crippen molar-refractivity contribution in [2.24, 2.45) is 5.10 Å². The van der Waals surface area contributed by atoms with E-state index in [9.17, 15) is 24.9 Å². The molecule has 0 bridgehead atoms. The number of carbonyl (C=O) groups excluding carboxylic acids is 2. The summed E-state index contributed by atoms with van der Waals surface area (Å²) in [4.78, 5) is 22.1. The highest BCUT2D eigenvalue weighted by atomic mass is 16.5. The third kappa shape index (κ3) is 9.18. The predicted octanol–water partition coefficient (Wildman–Crippen LogP) is -3.41. The molecule has 23 heavy (non-hydrogen) atoms. The van der Waals surface area contributed by atoms with Gasteiger partial charge in [0.05, 0.1) is 12.8 Å². The Bertz CT molecular complexity index is 393. The van der Waals surface area contributed by atoms with Gasteiger partial charge in [0, 0.05) is 12.8 Å². The van der Waals surface area contributed by atoms with Gasteiger partial charge in [-0.25, -0.2) is 10.9 Å².